The lowest BCUT2D eigenvalue weighted by molar-refractivity contribution is 0.425. The van der Waals surface area contributed by atoms with Crippen LogP contribution in [0.2, 0.25) is 0 Å². The lowest BCUT2D eigenvalue weighted by Crippen LogP contribution is -2.30. The van der Waals surface area contributed by atoms with Crippen LogP contribution in [0.4, 0.5) is 4.39 Å². The van der Waals surface area contributed by atoms with Crippen molar-refractivity contribution in [1.29, 1.82) is 0 Å². The Kier molecular flexibility index (Phi) is 3.26. The molecule has 0 fully saturated rings. The van der Waals surface area contributed by atoms with Crippen molar-refractivity contribution < 1.29 is 14.4 Å². The number of nitrogens with zero attached hydrogens (tertiary/aromatic N) is 2. The maximum absolute atomic E-state index is 13.9. The second-order valence-electron chi connectivity index (χ2n) is 4.59. The molecule has 0 aliphatic carbocycles. The molecule has 3 aromatic rings. The summed E-state index contributed by atoms with van der Waals surface area (Å²) < 4.78 is 15.8. The molecular formula is C14H12BFN2O2. The summed E-state index contributed by atoms with van der Waals surface area (Å²) in [7, 11) is -1.66. The molecule has 0 aliphatic heterocycles. The highest BCUT2D eigenvalue weighted by atomic mass is 19.1. The number of halogens is 1. The van der Waals surface area contributed by atoms with Gasteiger partial charge in [0.15, 0.2) is 0 Å². The Bertz CT molecular complexity index is 758. The van der Waals surface area contributed by atoms with Crippen LogP contribution in [0.1, 0.15) is 5.56 Å². The lowest BCUT2D eigenvalue weighted by Gasteiger charge is -2.07. The molecule has 20 heavy (non-hydrogen) atoms. The maximum atomic E-state index is 13.9. The van der Waals surface area contributed by atoms with Gasteiger partial charge in [-0.2, -0.15) is 0 Å². The molecule has 6 heteroatoms. The van der Waals surface area contributed by atoms with Crippen LogP contribution in [0.25, 0.3) is 11.0 Å². The average Bonchev–Trinajstić information content (AvgIpc) is 2.84. The molecule has 0 saturated carbocycles. The normalized spacial score (nSPS) is 10.9. The van der Waals surface area contributed by atoms with Crippen molar-refractivity contribution in [3.05, 3.63) is 60.2 Å². The fraction of sp³-hybridized carbons (Fsp3) is 0.0714. The van der Waals surface area contributed by atoms with Crippen LogP contribution in [0, 0.1) is 5.82 Å². The second kappa shape index (κ2) is 5.07. The van der Waals surface area contributed by atoms with Crippen molar-refractivity contribution in [2.24, 2.45) is 0 Å². The van der Waals surface area contributed by atoms with E-state index in [1.54, 1.807) is 12.4 Å². The van der Waals surface area contributed by atoms with E-state index in [9.17, 15) is 4.39 Å². The van der Waals surface area contributed by atoms with Gasteiger partial charge in [0.25, 0.3) is 0 Å². The number of benzene rings is 2. The summed E-state index contributed by atoms with van der Waals surface area (Å²) in [6.45, 7) is 0.341. The SMILES string of the molecule is OB(O)c1ccc(Cn2cnc3ccccc32)c(F)c1. The largest absolute Gasteiger partial charge is 0.488 e. The summed E-state index contributed by atoms with van der Waals surface area (Å²) in [4.78, 5) is 4.25. The zero-order chi connectivity index (χ0) is 14.1. The Morgan fingerprint density at radius 1 is 1.15 bits per heavy atom. The van der Waals surface area contributed by atoms with E-state index in [1.807, 2.05) is 28.8 Å². The summed E-state index contributed by atoms with van der Waals surface area (Å²) in [5, 5.41) is 18.0. The van der Waals surface area contributed by atoms with E-state index in [0.29, 0.717) is 12.1 Å². The van der Waals surface area contributed by atoms with E-state index in [2.05, 4.69) is 4.98 Å². The smallest absolute Gasteiger partial charge is 0.423 e. The monoisotopic (exact) mass is 270 g/mol. The zero-order valence-electron chi connectivity index (χ0n) is 10.6. The van der Waals surface area contributed by atoms with Crippen LogP contribution >= 0.6 is 0 Å². The molecule has 0 radical (unpaired) electrons. The molecule has 1 heterocycles. The molecule has 0 amide bonds. The molecule has 1 aromatic heterocycles. The van der Waals surface area contributed by atoms with Gasteiger partial charge in [0.1, 0.15) is 5.82 Å². The zero-order valence-corrected chi connectivity index (χ0v) is 10.6. The summed E-state index contributed by atoms with van der Waals surface area (Å²) in [5.41, 5.74) is 2.40. The summed E-state index contributed by atoms with van der Waals surface area (Å²) in [6, 6.07) is 11.8. The molecule has 0 bridgehead atoms. The average molecular weight is 270 g/mol. The Labute approximate surface area is 115 Å². The number of hydrogen-bond donors (Lipinski definition) is 2. The first kappa shape index (κ1) is 12.8. The van der Waals surface area contributed by atoms with E-state index in [1.165, 1.54) is 6.07 Å². The van der Waals surface area contributed by atoms with Gasteiger partial charge in [-0.15, -0.1) is 0 Å². The van der Waals surface area contributed by atoms with Gasteiger partial charge in [0, 0.05) is 5.56 Å². The molecule has 2 aromatic carbocycles. The third kappa shape index (κ3) is 2.31. The predicted octanol–water partition coefficient (Wildman–Crippen LogP) is 0.903. The minimum absolute atomic E-state index is 0.140. The first-order valence-electron chi connectivity index (χ1n) is 6.19. The molecule has 2 N–H and O–H groups in total. The number of fused-ring (bicyclic) bond motifs is 1. The first-order chi connectivity index (χ1) is 9.65. The van der Waals surface area contributed by atoms with Crippen molar-refractivity contribution in [3.63, 3.8) is 0 Å². The first-order valence-corrected chi connectivity index (χ1v) is 6.19. The second-order valence-corrected chi connectivity index (χ2v) is 4.59. The van der Waals surface area contributed by atoms with Crippen molar-refractivity contribution in [2.75, 3.05) is 0 Å². The van der Waals surface area contributed by atoms with Crippen molar-refractivity contribution in [1.82, 2.24) is 9.55 Å². The topological polar surface area (TPSA) is 58.3 Å². The van der Waals surface area contributed by atoms with Crippen LogP contribution in [0.5, 0.6) is 0 Å². The molecule has 0 spiro atoms. The van der Waals surface area contributed by atoms with Crippen LogP contribution < -0.4 is 5.46 Å². The van der Waals surface area contributed by atoms with E-state index in [0.717, 1.165) is 17.1 Å². The molecule has 0 atom stereocenters. The van der Waals surface area contributed by atoms with Crippen LogP contribution in [0.3, 0.4) is 0 Å². The van der Waals surface area contributed by atoms with E-state index in [4.69, 9.17) is 10.0 Å². The number of aromatic nitrogens is 2. The number of hydrogen-bond acceptors (Lipinski definition) is 3. The minimum Gasteiger partial charge on any atom is -0.423 e. The number of para-hydroxylation sites is 2. The third-order valence-electron chi connectivity index (χ3n) is 3.24. The van der Waals surface area contributed by atoms with Gasteiger partial charge in [0.2, 0.25) is 0 Å². The molecule has 100 valence electrons. The highest BCUT2D eigenvalue weighted by Gasteiger charge is 2.14. The maximum Gasteiger partial charge on any atom is 0.488 e. The number of imidazole rings is 1. The van der Waals surface area contributed by atoms with Gasteiger partial charge in [-0.1, -0.05) is 24.3 Å². The van der Waals surface area contributed by atoms with Gasteiger partial charge in [-0.05, 0) is 23.7 Å². The predicted molar refractivity (Wildman–Crippen MR) is 75.1 cm³/mol. The van der Waals surface area contributed by atoms with E-state index in [-0.39, 0.29) is 5.46 Å². The minimum atomic E-state index is -1.66. The third-order valence-corrected chi connectivity index (χ3v) is 3.24. The van der Waals surface area contributed by atoms with Gasteiger partial charge in [0.05, 0.1) is 23.9 Å². The fourth-order valence-corrected chi connectivity index (χ4v) is 2.17. The van der Waals surface area contributed by atoms with Crippen LogP contribution in [-0.4, -0.2) is 26.7 Å². The Balaban J connectivity index is 1.95. The molecule has 0 saturated heterocycles. The van der Waals surface area contributed by atoms with Crippen LogP contribution in [0.15, 0.2) is 48.8 Å². The molecule has 0 aliphatic rings. The van der Waals surface area contributed by atoms with Crippen molar-refractivity contribution in [2.45, 2.75) is 6.54 Å². The number of rotatable bonds is 3. The Hall–Kier alpha value is -2.18. The van der Waals surface area contributed by atoms with E-state index >= 15 is 0 Å². The van der Waals surface area contributed by atoms with Crippen molar-refractivity contribution >= 4 is 23.6 Å². The Morgan fingerprint density at radius 2 is 1.95 bits per heavy atom. The highest BCUT2D eigenvalue weighted by Crippen LogP contribution is 2.15. The Morgan fingerprint density at radius 3 is 2.70 bits per heavy atom. The van der Waals surface area contributed by atoms with Gasteiger partial charge >= 0.3 is 7.12 Å². The van der Waals surface area contributed by atoms with Crippen LogP contribution in [-0.2, 0) is 6.54 Å². The quantitative estimate of drug-likeness (QED) is 0.695. The van der Waals surface area contributed by atoms with Gasteiger partial charge < -0.3 is 14.6 Å². The molecule has 3 rings (SSSR count). The van der Waals surface area contributed by atoms with Crippen molar-refractivity contribution in [3.8, 4) is 0 Å². The van der Waals surface area contributed by atoms with E-state index < -0.39 is 12.9 Å². The van der Waals surface area contributed by atoms with Gasteiger partial charge in [-0.3, -0.25) is 0 Å². The standard InChI is InChI=1S/C14H12BFN2O2/c16-12-7-11(15(19)20)6-5-10(12)8-18-9-17-13-3-1-2-4-14(13)18/h1-7,9,19-20H,8H2. The molecule has 4 nitrogen and oxygen atoms in total. The highest BCUT2D eigenvalue weighted by molar-refractivity contribution is 6.58. The summed E-state index contributed by atoms with van der Waals surface area (Å²) in [6.07, 6.45) is 1.67. The summed E-state index contributed by atoms with van der Waals surface area (Å²) >= 11 is 0. The van der Waals surface area contributed by atoms with Gasteiger partial charge in [-0.25, -0.2) is 9.37 Å². The summed E-state index contributed by atoms with van der Waals surface area (Å²) in [5.74, 6) is -0.464. The lowest BCUT2D eigenvalue weighted by atomic mass is 9.80. The molecule has 0 unspecified atom stereocenters. The fourth-order valence-electron chi connectivity index (χ4n) is 2.17. The molecular weight excluding hydrogens is 258 g/mol.